The molecule has 3 heterocycles. The van der Waals surface area contributed by atoms with Gasteiger partial charge in [-0.1, -0.05) is 18.2 Å². The molecule has 2 aliphatic heterocycles. The SMILES string of the molecule is Fc1ccccc1C1CN(c2nccc(NC3CCCOC3)n2)CCO1. The fourth-order valence-corrected chi connectivity index (χ4v) is 3.40. The average Bonchev–Trinajstić information content (AvgIpc) is 2.69. The van der Waals surface area contributed by atoms with E-state index in [1.807, 2.05) is 17.0 Å². The van der Waals surface area contributed by atoms with E-state index in [2.05, 4.69) is 15.3 Å². The van der Waals surface area contributed by atoms with Crippen LogP contribution in [0, 0.1) is 5.82 Å². The van der Waals surface area contributed by atoms with Gasteiger partial charge in [0.05, 0.1) is 25.8 Å². The van der Waals surface area contributed by atoms with Crippen molar-refractivity contribution in [1.29, 1.82) is 0 Å². The zero-order valence-corrected chi connectivity index (χ0v) is 14.6. The summed E-state index contributed by atoms with van der Waals surface area (Å²) in [5.74, 6) is 1.18. The number of anilines is 2. The van der Waals surface area contributed by atoms with Gasteiger partial charge in [-0.25, -0.2) is 9.37 Å². The number of hydrogen-bond acceptors (Lipinski definition) is 6. The lowest BCUT2D eigenvalue weighted by molar-refractivity contribution is 0.0370. The Balaban J connectivity index is 1.46. The first-order valence-corrected chi connectivity index (χ1v) is 9.08. The second kappa shape index (κ2) is 7.97. The number of morpholine rings is 1. The number of hydrogen-bond donors (Lipinski definition) is 1. The van der Waals surface area contributed by atoms with Gasteiger partial charge in [-0.3, -0.25) is 0 Å². The van der Waals surface area contributed by atoms with Crippen molar-refractivity contribution in [1.82, 2.24) is 9.97 Å². The molecule has 2 aliphatic rings. The van der Waals surface area contributed by atoms with Gasteiger partial charge in [-0.05, 0) is 25.0 Å². The number of nitrogens with zero attached hydrogens (tertiary/aromatic N) is 3. The van der Waals surface area contributed by atoms with Crippen LogP contribution >= 0.6 is 0 Å². The van der Waals surface area contributed by atoms with Crippen LogP contribution in [0.25, 0.3) is 0 Å². The molecule has 2 unspecified atom stereocenters. The number of ether oxygens (including phenoxy) is 2. The number of nitrogens with one attached hydrogen (secondary N) is 1. The Morgan fingerprint density at radius 2 is 2.12 bits per heavy atom. The highest BCUT2D eigenvalue weighted by atomic mass is 19.1. The Kier molecular flexibility index (Phi) is 5.26. The summed E-state index contributed by atoms with van der Waals surface area (Å²) in [5.41, 5.74) is 0.575. The maximum Gasteiger partial charge on any atom is 0.227 e. The molecule has 138 valence electrons. The van der Waals surface area contributed by atoms with E-state index in [0.717, 1.165) is 25.3 Å². The van der Waals surface area contributed by atoms with Crippen LogP contribution in [0.5, 0.6) is 0 Å². The van der Waals surface area contributed by atoms with Crippen molar-refractivity contribution < 1.29 is 13.9 Å². The zero-order valence-electron chi connectivity index (χ0n) is 14.6. The van der Waals surface area contributed by atoms with E-state index >= 15 is 0 Å². The Labute approximate surface area is 152 Å². The monoisotopic (exact) mass is 358 g/mol. The summed E-state index contributed by atoms with van der Waals surface area (Å²) in [7, 11) is 0. The lowest BCUT2D eigenvalue weighted by atomic mass is 10.1. The molecular formula is C19H23FN4O2. The predicted molar refractivity (Wildman–Crippen MR) is 96.8 cm³/mol. The van der Waals surface area contributed by atoms with Crippen LogP contribution in [0.2, 0.25) is 0 Å². The number of halogens is 1. The van der Waals surface area contributed by atoms with E-state index in [1.54, 1.807) is 18.3 Å². The molecule has 0 spiro atoms. The maximum absolute atomic E-state index is 14.1. The van der Waals surface area contributed by atoms with Gasteiger partial charge in [-0.15, -0.1) is 0 Å². The molecule has 2 saturated heterocycles. The van der Waals surface area contributed by atoms with E-state index in [-0.39, 0.29) is 18.0 Å². The molecule has 2 atom stereocenters. The highest BCUT2D eigenvalue weighted by Gasteiger charge is 2.26. The first-order valence-electron chi connectivity index (χ1n) is 9.08. The molecule has 0 aliphatic carbocycles. The van der Waals surface area contributed by atoms with Crippen LogP contribution in [0.1, 0.15) is 24.5 Å². The van der Waals surface area contributed by atoms with Crippen molar-refractivity contribution in [2.24, 2.45) is 0 Å². The summed E-state index contributed by atoms with van der Waals surface area (Å²) < 4.78 is 25.4. The molecule has 1 N–H and O–H groups in total. The molecule has 4 rings (SSSR count). The van der Waals surface area contributed by atoms with Crippen LogP contribution in [-0.2, 0) is 9.47 Å². The van der Waals surface area contributed by atoms with Gasteiger partial charge in [0.25, 0.3) is 0 Å². The van der Waals surface area contributed by atoms with E-state index in [0.29, 0.717) is 37.8 Å². The first-order chi connectivity index (χ1) is 12.8. The van der Waals surface area contributed by atoms with Gasteiger partial charge < -0.3 is 19.7 Å². The molecule has 7 heteroatoms. The number of benzene rings is 1. The molecule has 1 aromatic heterocycles. The third kappa shape index (κ3) is 3.94. The van der Waals surface area contributed by atoms with Crippen molar-refractivity contribution in [2.75, 3.05) is 43.1 Å². The number of aromatic nitrogens is 2. The van der Waals surface area contributed by atoms with Gasteiger partial charge in [0.2, 0.25) is 5.95 Å². The van der Waals surface area contributed by atoms with Gasteiger partial charge >= 0.3 is 0 Å². The Bertz CT molecular complexity index is 739. The third-order valence-electron chi connectivity index (χ3n) is 4.76. The molecule has 0 saturated carbocycles. The Morgan fingerprint density at radius 3 is 2.96 bits per heavy atom. The predicted octanol–water partition coefficient (Wildman–Crippen LogP) is 2.78. The molecule has 2 aromatic rings. The summed E-state index contributed by atoms with van der Waals surface area (Å²) in [5, 5.41) is 3.42. The number of rotatable bonds is 4. The van der Waals surface area contributed by atoms with Crippen molar-refractivity contribution in [2.45, 2.75) is 25.0 Å². The summed E-state index contributed by atoms with van der Waals surface area (Å²) in [6.07, 6.45) is 3.56. The topological polar surface area (TPSA) is 59.5 Å². The van der Waals surface area contributed by atoms with E-state index in [9.17, 15) is 4.39 Å². The highest BCUT2D eigenvalue weighted by Crippen LogP contribution is 2.26. The fourth-order valence-electron chi connectivity index (χ4n) is 3.40. The maximum atomic E-state index is 14.1. The van der Waals surface area contributed by atoms with E-state index < -0.39 is 0 Å². The third-order valence-corrected chi connectivity index (χ3v) is 4.76. The molecular weight excluding hydrogens is 335 g/mol. The Morgan fingerprint density at radius 1 is 1.19 bits per heavy atom. The van der Waals surface area contributed by atoms with Crippen LogP contribution in [0.3, 0.4) is 0 Å². The van der Waals surface area contributed by atoms with E-state index in [4.69, 9.17) is 9.47 Å². The largest absolute Gasteiger partial charge is 0.379 e. The first kappa shape index (κ1) is 17.2. The van der Waals surface area contributed by atoms with Crippen LogP contribution in [0.4, 0.5) is 16.2 Å². The van der Waals surface area contributed by atoms with Crippen molar-refractivity contribution >= 4 is 11.8 Å². The second-order valence-corrected chi connectivity index (χ2v) is 6.63. The summed E-state index contributed by atoms with van der Waals surface area (Å²) in [6, 6.07) is 8.89. The van der Waals surface area contributed by atoms with Crippen molar-refractivity contribution in [3.05, 3.63) is 47.9 Å². The van der Waals surface area contributed by atoms with Crippen molar-refractivity contribution in [3.63, 3.8) is 0 Å². The summed E-state index contributed by atoms with van der Waals surface area (Å²) in [4.78, 5) is 11.1. The van der Waals surface area contributed by atoms with Crippen LogP contribution in [-0.4, -0.2) is 48.9 Å². The van der Waals surface area contributed by atoms with Crippen LogP contribution in [0.15, 0.2) is 36.5 Å². The Hall–Kier alpha value is -2.25. The van der Waals surface area contributed by atoms with Gasteiger partial charge in [-0.2, -0.15) is 4.98 Å². The smallest absolute Gasteiger partial charge is 0.227 e. The molecule has 2 fully saturated rings. The van der Waals surface area contributed by atoms with Crippen LogP contribution < -0.4 is 10.2 Å². The normalized spacial score (nSPS) is 23.7. The highest BCUT2D eigenvalue weighted by molar-refractivity contribution is 5.42. The second-order valence-electron chi connectivity index (χ2n) is 6.63. The molecule has 6 nitrogen and oxygen atoms in total. The molecule has 0 bridgehead atoms. The average molecular weight is 358 g/mol. The molecule has 1 aromatic carbocycles. The lowest BCUT2D eigenvalue weighted by Gasteiger charge is -2.33. The molecule has 0 amide bonds. The molecule has 26 heavy (non-hydrogen) atoms. The zero-order chi connectivity index (χ0) is 17.8. The summed E-state index contributed by atoms with van der Waals surface area (Å²) >= 11 is 0. The minimum atomic E-state index is -0.322. The van der Waals surface area contributed by atoms with Crippen molar-refractivity contribution in [3.8, 4) is 0 Å². The summed E-state index contributed by atoms with van der Waals surface area (Å²) in [6.45, 7) is 3.25. The van der Waals surface area contributed by atoms with Gasteiger partial charge in [0, 0.05) is 24.9 Å². The fraction of sp³-hybridized carbons (Fsp3) is 0.474. The standard InChI is InChI=1S/C19H23FN4O2/c20-16-6-2-1-5-15(16)17-12-24(9-11-26-17)19-21-8-7-18(23-19)22-14-4-3-10-25-13-14/h1-2,5-8,14,17H,3-4,9-13H2,(H,21,22,23). The van der Waals surface area contributed by atoms with Gasteiger partial charge in [0.1, 0.15) is 17.7 Å². The van der Waals surface area contributed by atoms with Gasteiger partial charge in [0.15, 0.2) is 0 Å². The minimum Gasteiger partial charge on any atom is -0.379 e. The molecule has 0 radical (unpaired) electrons. The quantitative estimate of drug-likeness (QED) is 0.907. The minimum absolute atomic E-state index is 0.243. The van der Waals surface area contributed by atoms with E-state index in [1.165, 1.54) is 6.07 Å². The lowest BCUT2D eigenvalue weighted by Crippen LogP contribution is -2.39.